The van der Waals surface area contributed by atoms with Crippen molar-refractivity contribution in [3.63, 3.8) is 0 Å². The molecule has 0 bridgehead atoms. The molecule has 182 valence electrons. The first kappa shape index (κ1) is 23.3. The van der Waals surface area contributed by atoms with Crippen LogP contribution in [-0.2, 0) is 27.7 Å². The van der Waals surface area contributed by atoms with E-state index in [0.717, 1.165) is 41.7 Å². The van der Waals surface area contributed by atoms with Crippen LogP contribution in [0.2, 0.25) is 0 Å². The van der Waals surface area contributed by atoms with Gasteiger partial charge in [0.05, 0.1) is 18.2 Å². The molecule has 1 spiro atoms. The van der Waals surface area contributed by atoms with Crippen LogP contribution in [-0.4, -0.2) is 54.5 Å². The van der Waals surface area contributed by atoms with Gasteiger partial charge >= 0.3 is 5.76 Å². The zero-order valence-electron chi connectivity index (χ0n) is 19.6. The molecule has 0 aliphatic carbocycles. The molecule has 35 heavy (non-hydrogen) atoms. The van der Waals surface area contributed by atoms with Crippen LogP contribution in [0.1, 0.15) is 18.4 Å². The van der Waals surface area contributed by atoms with E-state index in [-0.39, 0.29) is 11.5 Å². The van der Waals surface area contributed by atoms with E-state index in [1.165, 1.54) is 4.57 Å². The summed E-state index contributed by atoms with van der Waals surface area (Å²) in [4.78, 5) is 24.5. The van der Waals surface area contributed by atoms with Crippen molar-refractivity contribution >= 4 is 17.0 Å². The summed E-state index contributed by atoms with van der Waals surface area (Å²) in [7, 11) is 1.67. The SMILES string of the molecule is Cn1c(=O)oc2ccc(-c3ccc(C[C@@H](C#N)NC(=O)C4CNCC5(CCCO5)CO4)cc3)cc21. The maximum atomic E-state index is 12.8. The number of hydrogen-bond donors (Lipinski definition) is 2. The van der Waals surface area contributed by atoms with Crippen molar-refractivity contribution in [3.8, 4) is 17.2 Å². The minimum atomic E-state index is -0.673. The molecule has 0 saturated carbocycles. The topological polar surface area (TPSA) is 119 Å². The van der Waals surface area contributed by atoms with E-state index in [0.29, 0.717) is 31.7 Å². The van der Waals surface area contributed by atoms with Gasteiger partial charge in [-0.25, -0.2) is 4.79 Å². The van der Waals surface area contributed by atoms with Gasteiger partial charge in [0, 0.05) is 33.2 Å². The number of carbonyl (C=O) groups is 1. The summed E-state index contributed by atoms with van der Waals surface area (Å²) in [5.74, 6) is -0.691. The Kier molecular flexibility index (Phi) is 6.43. The first-order chi connectivity index (χ1) is 17.0. The highest BCUT2D eigenvalue weighted by Gasteiger charge is 2.39. The Morgan fingerprint density at radius 3 is 2.83 bits per heavy atom. The number of fused-ring (bicyclic) bond motifs is 1. The highest BCUT2D eigenvalue weighted by molar-refractivity contribution is 5.82. The second-order valence-electron chi connectivity index (χ2n) is 9.27. The predicted molar refractivity (Wildman–Crippen MR) is 129 cm³/mol. The van der Waals surface area contributed by atoms with Crippen LogP contribution < -0.4 is 16.4 Å². The summed E-state index contributed by atoms with van der Waals surface area (Å²) in [6, 6.07) is 14.9. The molecule has 5 rings (SSSR count). The number of carbonyl (C=O) groups excluding carboxylic acids is 1. The van der Waals surface area contributed by atoms with Crippen molar-refractivity contribution in [2.75, 3.05) is 26.3 Å². The molecular formula is C26H28N4O5. The Morgan fingerprint density at radius 1 is 1.29 bits per heavy atom. The molecule has 2 N–H and O–H groups in total. The first-order valence-corrected chi connectivity index (χ1v) is 11.8. The lowest BCUT2D eigenvalue weighted by atomic mass is 10.0. The molecule has 0 radical (unpaired) electrons. The molecule has 2 fully saturated rings. The van der Waals surface area contributed by atoms with Crippen LogP contribution in [0.25, 0.3) is 22.2 Å². The Balaban J connectivity index is 1.21. The second kappa shape index (κ2) is 9.66. The highest BCUT2D eigenvalue weighted by atomic mass is 16.6. The van der Waals surface area contributed by atoms with E-state index >= 15 is 0 Å². The molecule has 2 aliphatic heterocycles. The van der Waals surface area contributed by atoms with E-state index in [1.54, 1.807) is 13.1 Å². The van der Waals surface area contributed by atoms with Gasteiger partial charge in [0.1, 0.15) is 17.7 Å². The maximum Gasteiger partial charge on any atom is 0.419 e. The number of rotatable bonds is 5. The number of benzene rings is 2. The fourth-order valence-corrected chi connectivity index (χ4v) is 4.74. The van der Waals surface area contributed by atoms with Gasteiger partial charge in [-0.05, 0) is 41.7 Å². The van der Waals surface area contributed by atoms with E-state index in [2.05, 4.69) is 16.7 Å². The van der Waals surface area contributed by atoms with Crippen LogP contribution in [0, 0.1) is 11.3 Å². The van der Waals surface area contributed by atoms with E-state index < -0.39 is 17.9 Å². The van der Waals surface area contributed by atoms with E-state index in [4.69, 9.17) is 13.9 Å². The van der Waals surface area contributed by atoms with Crippen molar-refractivity contribution in [1.82, 2.24) is 15.2 Å². The quantitative estimate of drug-likeness (QED) is 0.577. The van der Waals surface area contributed by atoms with Crippen molar-refractivity contribution in [2.45, 2.75) is 37.0 Å². The summed E-state index contributed by atoms with van der Waals surface area (Å²) in [5.41, 5.74) is 3.78. The van der Waals surface area contributed by atoms with Crippen molar-refractivity contribution in [1.29, 1.82) is 5.26 Å². The lowest BCUT2D eigenvalue weighted by Gasteiger charge is -2.25. The number of nitrogens with zero attached hydrogens (tertiary/aromatic N) is 2. The molecule has 3 aromatic rings. The summed E-state index contributed by atoms with van der Waals surface area (Å²) < 4.78 is 18.4. The Morgan fingerprint density at radius 2 is 2.09 bits per heavy atom. The van der Waals surface area contributed by atoms with E-state index in [1.807, 2.05) is 36.4 Å². The highest BCUT2D eigenvalue weighted by Crippen LogP contribution is 2.27. The van der Waals surface area contributed by atoms with Crippen LogP contribution in [0.5, 0.6) is 0 Å². The molecule has 2 aromatic carbocycles. The Bertz CT molecular complexity index is 1310. The summed E-state index contributed by atoms with van der Waals surface area (Å²) in [6.07, 6.45) is 1.63. The summed E-state index contributed by atoms with van der Waals surface area (Å²) >= 11 is 0. The second-order valence-corrected chi connectivity index (χ2v) is 9.27. The molecule has 9 nitrogen and oxygen atoms in total. The van der Waals surface area contributed by atoms with Crippen LogP contribution >= 0.6 is 0 Å². The molecular weight excluding hydrogens is 448 g/mol. The number of oxazole rings is 1. The number of nitriles is 1. The van der Waals surface area contributed by atoms with Gasteiger partial charge < -0.3 is 24.5 Å². The lowest BCUT2D eigenvalue weighted by molar-refractivity contribution is -0.136. The number of aromatic nitrogens is 1. The predicted octanol–water partition coefficient (Wildman–Crippen LogP) is 1.89. The van der Waals surface area contributed by atoms with Crippen LogP contribution in [0.4, 0.5) is 0 Å². The van der Waals surface area contributed by atoms with Crippen LogP contribution in [0.3, 0.4) is 0 Å². The minimum absolute atomic E-state index is 0.297. The third-order valence-corrected chi connectivity index (χ3v) is 6.79. The van der Waals surface area contributed by atoms with Crippen molar-refractivity contribution < 1.29 is 18.7 Å². The fourth-order valence-electron chi connectivity index (χ4n) is 4.74. The normalized spacial score (nSPS) is 23.1. The molecule has 1 amide bonds. The van der Waals surface area contributed by atoms with Gasteiger partial charge in [-0.3, -0.25) is 9.36 Å². The molecule has 3 heterocycles. The first-order valence-electron chi connectivity index (χ1n) is 11.8. The maximum absolute atomic E-state index is 12.8. The largest absolute Gasteiger partial charge is 0.419 e. The smallest absolute Gasteiger partial charge is 0.408 e. The molecule has 3 atom stereocenters. The van der Waals surface area contributed by atoms with Crippen LogP contribution in [0.15, 0.2) is 51.7 Å². The number of amides is 1. The van der Waals surface area contributed by atoms with Gasteiger partial charge in [0.25, 0.3) is 5.91 Å². The van der Waals surface area contributed by atoms with E-state index in [9.17, 15) is 14.9 Å². The minimum Gasteiger partial charge on any atom is -0.408 e. The zero-order chi connectivity index (χ0) is 24.4. The number of aryl methyl sites for hydroxylation is 1. The Hall–Kier alpha value is -3.45. The molecule has 9 heteroatoms. The average Bonchev–Trinajstić information content (AvgIpc) is 3.37. The fraction of sp³-hybridized carbons (Fsp3) is 0.423. The van der Waals surface area contributed by atoms with Gasteiger partial charge in [0.15, 0.2) is 5.58 Å². The van der Waals surface area contributed by atoms with Crippen molar-refractivity contribution in [3.05, 3.63) is 58.6 Å². The monoisotopic (exact) mass is 476 g/mol. The number of nitrogens with one attached hydrogen (secondary N) is 2. The van der Waals surface area contributed by atoms with Gasteiger partial charge in [-0.2, -0.15) is 5.26 Å². The Labute approximate surface area is 202 Å². The number of hydrogen-bond acceptors (Lipinski definition) is 7. The molecule has 2 unspecified atom stereocenters. The zero-order valence-corrected chi connectivity index (χ0v) is 19.6. The standard InChI is InChI=1S/C26H28N4O5/c1-30-21-12-19(7-8-22(21)35-25(30)32)18-5-3-17(4-6-18)11-20(13-27)29-24(31)23-14-28-15-26(16-33-23)9-2-10-34-26/h3-8,12,20,23,28H,2,9-11,14-16H2,1H3,(H,29,31)/t20-,23?,26?/m0/s1. The molecule has 2 saturated heterocycles. The molecule has 1 aromatic heterocycles. The third-order valence-electron chi connectivity index (χ3n) is 6.79. The van der Waals surface area contributed by atoms with Gasteiger partial charge in [0.2, 0.25) is 0 Å². The summed E-state index contributed by atoms with van der Waals surface area (Å²) in [6.45, 7) is 2.13. The van der Waals surface area contributed by atoms with Gasteiger partial charge in [-0.15, -0.1) is 0 Å². The lowest BCUT2D eigenvalue weighted by Crippen LogP contribution is -2.46. The number of ether oxygens (including phenoxy) is 2. The average molecular weight is 477 g/mol. The summed E-state index contributed by atoms with van der Waals surface area (Å²) in [5, 5.41) is 15.7. The third kappa shape index (κ3) is 4.86. The van der Waals surface area contributed by atoms with Crippen molar-refractivity contribution in [2.24, 2.45) is 7.05 Å². The van der Waals surface area contributed by atoms with Gasteiger partial charge in [-0.1, -0.05) is 30.3 Å². The molecule has 2 aliphatic rings.